The summed E-state index contributed by atoms with van der Waals surface area (Å²) in [7, 11) is 0. The molecular weight excluding hydrogens is 283 g/mol. The Morgan fingerprint density at radius 3 is 2.62 bits per heavy atom. The second-order valence-corrected chi connectivity index (χ2v) is 5.18. The Morgan fingerprint density at radius 2 is 2.00 bits per heavy atom. The van der Waals surface area contributed by atoms with Crippen molar-refractivity contribution in [3.63, 3.8) is 0 Å². The van der Waals surface area contributed by atoms with E-state index in [0.717, 1.165) is 31.6 Å². The van der Waals surface area contributed by atoms with Crippen LogP contribution in [0.15, 0.2) is 24.3 Å². The van der Waals surface area contributed by atoms with Crippen LogP contribution in [0.2, 0.25) is 0 Å². The van der Waals surface area contributed by atoms with Crippen LogP contribution in [-0.4, -0.2) is 32.2 Å². The first kappa shape index (κ1) is 16.1. The number of nitrogens with one attached hydrogen (secondary N) is 1. The van der Waals surface area contributed by atoms with E-state index in [-0.39, 0.29) is 5.75 Å². The van der Waals surface area contributed by atoms with Gasteiger partial charge in [0.05, 0.1) is 6.61 Å². The zero-order valence-corrected chi connectivity index (χ0v) is 12.0. The molecule has 2 rings (SSSR count). The van der Waals surface area contributed by atoms with Crippen molar-refractivity contribution < 1.29 is 22.6 Å². The fourth-order valence-electron chi connectivity index (χ4n) is 2.66. The molecule has 1 N–H and O–H groups in total. The van der Waals surface area contributed by atoms with Gasteiger partial charge in [0.25, 0.3) is 0 Å². The molecule has 0 bridgehead atoms. The summed E-state index contributed by atoms with van der Waals surface area (Å²) < 4.78 is 45.7. The fourth-order valence-corrected chi connectivity index (χ4v) is 2.66. The van der Waals surface area contributed by atoms with Crippen molar-refractivity contribution >= 4 is 0 Å². The lowest BCUT2D eigenvalue weighted by Gasteiger charge is -2.32. The summed E-state index contributed by atoms with van der Waals surface area (Å²) >= 11 is 0. The lowest BCUT2D eigenvalue weighted by atomic mass is 9.89. The maximum atomic E-state index is 12.1. The molecule has 1 saturated heterocycles. The molecule has 1 heterocycles. The third-order valence-electron chi connectivity index (χ3n) is 3.60. The predicted octanol–water partition coefficient (Wildman–Crippen LogP) is 3.14. The smallest absolute Gasteiger partial charge is 0.406 e. The molecule has 0 amide bonds. The van der Waals surface area contributed by atoms with E-state index >= 15 is 0 Å². The monoisotopic (exact) mass is 303 g/mol. The standard InChI is InChI=1S/C15H20F3NO2/c1-2-19-14-7-8-20-10-12(14)9-11-3-5-13(6-4-11)21-15(16,17)18/h3-6,12,14,19H,2,7-10H2,1H3. The van der Waals surface area contributed by atoms with Gasteiger partial charge in [0.2, 0.25) is 0 Å². The SMILES string of the molecule is CCNC1CCOCC1Cc1ccc(OC(F)(F)F)cc1. The molecule has 0 saturated carbocycles. The molecule has 0 aliphatic carbocycles. The maximum absolute atomic E-state index is 12.1. The molecular formula is C15H20F3NO2. The number of alkyl halides is 3. The molecule has 1 fully saturated rings. The maximum Gasteiger partial charge on any atom is 0.573 e. The second-order valence-electron chi connectivity index (χ2n) is 5.18. The molecule has 1 aromatic carbocycles. The summed E-state index contributed by atoms with van der Waals surface area (Å²) in [5.74, 6) is 0.155. The number of halogens is 3. The minimum Gasteiger partial charge on any atom is -0.406 e. The van der Waals surface area contributed by atoms with Crippen molar-refractivity contribution in [1.82, 2.24) is 5.32 Å². The van der Waals surface area contributed by atoms with Gasteiger partial charge >= 0.3 is 6.36 Å². The average Bonchev–Trinajstić information content (AvgIpc) is 2.42. The van der Waals surface area contributed by atoms with E-state index in [1.807, 2.05) is 0 Å². The predicted molar refractivity (Wildman–Crippen MR) is 73.2 cm³/mol. The Hall–Kier alpha value is -1.27. The summed E-state index contributed by atoms with van der Waals surface area (Å²) in [4.78, 5) is 0. The van der Waals surface area contributed by atoms with Crippen LogP contribution in [0.3, 0.4) is 0 Å². The molecule has 2 atom stereocenters. The number of hydrogen-bond donors (Lipinski definition) is 1. The van der Waals surface area contributed by atoms with E-state index in [1.54, 1.807) is 12.1 Å². The van der Waals surface area contributed by atoms with Gasteiger partial charge in [-0.2, -0.15) is 0 Å². The Balaban J connectivity index is 1.95. The molecule has 1 aliphatic heterocycles. The Kier molecular flexibility index (Phi) is 5.47. The van der Waals surface area contributed by atoms with Crippen molar-refractivity contribution in [2.24, 2.45) is 5.92 Å². The van der Waals surface area contributed by atoms with Crippen LogP contribution < -0.4 is 10.1 Å². The van der Waals surface area contributed by atoms with Gasteiger partial charge in [-0.1, -0.05) is 19.1 Å². The third-order valence-corrected chi connectivity index (χ3v) is 3.60. The van der Waals surface area contributed by atoms with E-state index in [9.17, 15) is 13.2 Å². The molecule has 1 aromatic rings. The van der Waals surface area contributed by atoms with Crippen molar-refractivity contribution in [1.29, 1.82) is 0 Å². The zero-order valence-electron chi connectivity index (χ0n) is 12.0. The molecule has 6 heteroatoms. The molecule has 2 unspecified atom stereocenters. The van der Waals surface area contributed by atoms with Crippen LogP contribution in [0, 0.1) is 5.92 Å². The van der Waals surface area contributed by atoms with Gasteiger partial charge in [-0.05, 0) is 37.1 Å². The minimum atomic E-state index is -4.64. The van der Waals surface area contributed by atoms with E-state index < -0.39 is 6.36 Å². The van der Waals surface area contributed by atoms with Crippen molar-refractivity contribution in [3.05, 3.63) is 29.8 Å². The first-order valence-corrected chi connectivity index (χ1v) is 7.13. The summed E-state index contributed by atoms with van der Waals surface area (Å²) in [6.07, 6.45) is -2.90. The van der Waals surface area contributed by atoms with Crippen LogP contribution in [0.4, 0.5) is 13.2 Å². The number of hydrogen-bond acceptors (Lipinski definition) is 3. The summed E-state index contributed by atoms with van der Waals surface area (Å²) in [6, 6.07) is 6.47. The third kappa shape index (κ3) is 5.21. The van der Waals surface area contributed by atoms with Gasteiger partial charge in [-0.25, -0.2) is 0 Å². The molecule has 118 valence electrons. The number of benzene rings is 1. The molecule has 0 spiro atoms. The van der Waals surface area contributed by atoms with Crippen LogP contribution >= 0.6 is 0 Å². The van der Waals surface area contributed by atoms with E-state index in [2.05, 4.69) is 17.0 Å². The summed E-state index contributed by atoms with van der Waals surface area (Å²) in [5, 5.41) is 3.44. The summed E-state index contributed by atoms with van der Waals surface area (Å²) in [5.41, 5.74) is 0.989. The largest absolute Gasteiger partial charge is 0.573 e. The van der Waals surface area contributed by atoms with Gasteiger partial charge < -0.3 is 14.8 Å². The van der Waals surface area contributed by atoms with E-state index in [1.165, 1.54) is 12.1 Å². The van der Waals surface area contributed by atoms with Crippen LogP contribution in [0.25, 0.3) is 0 Å². The Labute approximate surface area is 122 Å². The topological polar surface area (TPSA) is 30.5 Å². The van der Waals surface area contributed by atoms with Crippen molar-refractivity contribution in [2.45, 2.75) is 32.2 Å². The van der Waals surface area contributed by atoms with Crippen molar-refractivity contribution in [2.75, 3.05) is 19.8 Å². The fraction of sp³-hybridized carbons (Fsp3) is 0.600. The lowest BCUT2D eigenvalue weighted by Crippen LogP contribution is -2.43. The van der Waals surface area contributed by atoms with Gasteiger partial charge in [0.15, 0.2) is 0 Å². The molecule has 1 aliphatic rings. The highest BCUT2D eigenvalue weighted by Gasteiger charge is 2.31. The Morgan fingerprint density at radius 1 is 1.29 bits per heavy atom. The van der Waals surface area contributed by atoms with Gasteiger partial charge in [-0.15, -0.1) is 13.2 Å². The van der Waals surface area contributed by atoms with E-state index in [0.29, 0.717) is 18.6 Å². The van der Waals surface area contributed by atoms with E-state index in [4.69, 9.17) is 4.74 Å². The quantitative estimate of drug-likeness (QED) is 0.906. The van der Waals surface area contributed by atoms with Gasteiger partial charge in [-0.3, -0.25) is 0 Å². The highest BCUT2D eigenvalue weighted by molar-refractivity contribution is 5.27. The number of ether oxygens (including phenoxy) is 2. The normalized spacial score (nSPS) is 23.0. The molecule has 3 nitrogen and oxygen atoms in total. The minimum absolute atomic E-state index is 0.186. The van der Waals surface area contributed by atoms with Gasteiger partial charge in [0, 0.05) is 18.6 Å². The second kappa shape index (κ2) is 7.13. The van der Waals surface area contributed by atoms with Crippen LogP contribution in [0.5, 0.6) is 5.75 Å². The molecule has 0 radical (unpaired) electrons. The van der Waals surface area contributed by atoms with Crippen molar-refractivity contribution in [3.8, 4) is 5.75 Å². The zero-order chi connectivity index (χ0) is 15.3. The highest BCUT2D eigenvalue weighted by Crippen LogP contribution is 2.25. The first-order valence-electron chi connectivity index (χ1n) is 7.13. The number of rotatable bonds is 5. The highest BCUT2D eigenvalue weighted by atomic mass is 19.4. The summed E-state index contributed by atoms with van der Waals surface area (Å²) in [6.45, 7) is 4.40. The van der Waals surface area contributed by atoms with Gasteiger partial charge in [0.1, 0.15) is 5.75 Å². The first-order chi connectivity index (χ1) is 9.98. The van der Waals surface area contributed by atoms with Crippen LogP contribution in [-0.2, 0) is 11.2 Å². The van der Waals surface area contributed by atoms with Crippen LogP contribution in [0.1, 0.15) is 18.9 Å². The average molecular weight is 303 g/mol. The molecule has 21 heavy (non-hydrogen) atoms. The Bertz CT molecular complexity index is 432. The lowest BCUT2D eigenvalue weighted by molar-refractivity contribution is -0.274. The molecule has 0 aromatic heterocycles.